The monoisotopic (exact) mass is 247 g/mol. The van der Waals surface area contributed by atoms with Gasteiger partial charge in [-0.3, -0.25) is 5.43 Å². The number of thiazole rings is 1. The van der Waals surface area contributed by atoms with Crippen molar-refractivity contribution in [3.63, 3.8) is 0 Å². The lowest BCUT2D eigenvalue weighted by Crippen LogP contribution is -2.05. The van der Waals surface area contributed by atoms with Gasteiger partial charge in [0.2, 0.25) is 0 Å². The zero-order chi connectivity index (χ0) is 12.1. The highest BCUT2D eigenvalue weighted by Crippen LogP contribution is 2.23. The normalized spacial score (nSPS) is 10.5. The van der Waals surface area contributed by atoms with Gasteiger partial charge in [0.05, 0.1) is 5.69 Å². The lowest BCUT2D eigenvalue weighted by Gasteiger charge is -2.00. The van der Waals surface area contributed by atoms with E-state index in [1.165, 1.54) is 10.4 Å². The van der Waals surface area contributed by atoms with E-state index >= 15 is 0 Å². The molecule has 0 radical (unpaired) electrons. The Morgan fingerprint density at radius 2 is 2.00 bits per heavy atom. The Morgan fingerprint density at radius 1 is 1.24 bits per heavy atom. The van der Waals surface area contributed by atoms with Gasteiger partial charge in [-0.2, -0.15) is 0 Å². The Bertz CT molecular complexity index is 465. The van der Waals surface area contributed by atoms with E-state index in [-0.39, 0.29) is 0 Å². The first-order valence-corrected chi connectivity index (χ1v) is 6.58. The highest BCUT2D eigenvalue weighted by molar-refractivity contribution is 7.15. The minimum atomic E-state index is 0.803. The number of nitrogens with two attached hydrogens (primary N) is 1. The van der Waals surface area contributed by atoms with Crippen molar-refractivity contribution in [2.75, 3.05) is 5.43 Å². The molecular formula is C13H17N3S. The van der Waals surface area contributed by atoms with E-state index < -0.39 is 0 Å². The third-order valence-corrected chi connectivity index (χ3v) is 3.88. The van der Waals surface area contributed by atoms with Gasteiger partial charge >= 0.3 is 0 Å². The molecule has 2 rings (SSSR count). The van der Waals surface area contributed by atoms with Crippen molar-refractivity contribution >= 4 is 16.5 Å². The van der Waals surface area contributed by atoms with Crippen LogP contribution in [0.2, 0.25) is 0 Å². The maximum Gasteiger partial charge on any atom is 0.197 e. The van der Waals surface area contributed by atoms with Crippen molar-refractivity contribution < 1.29 is 0 Å². The summed E-state index contributed by atoms with van der Waals surface area (Å²) in [5, 5.41) is 0.803. The summed E-state index contributed by atoms with van der Waals surface area (Å²) in [6.45, 7) is 2.04. The number of benzene rings is 1. The molecule has 17 heavy (non-hydrogen) atoms. The summed E-state index contributed by atoms with van der Waals surface area (Å²) in [7, 11) is 0. The van der Waals surface area contributed by atoms with Gasteiger partial charge in [0.25, 0.3) is 0 Å². The van der Waals surface area contributed by atoms with Gasteiger partial charge in [0.15, 0.2) is 5.13 Å². The van der Waals surface area contributed by atoms with Crippen LogP contribution in [-0.4, -0.2) is 4.98 Å². The van der Waals surface area contributed by atoms with E-state index in [0.29, 0.717) is 0 Å². The third kappa shape index (κ3) is 3.28. The molecule has 0 spiro atoms. The van der Waals surface area contributed by atoms with Crippen LogP contribution in [0.5, 0.6) is 0 Å². The molecule has 0 saturated carbocycles. The summed E-state index contributed by atoms with van der Waals surface area (Å²) >= 11 is 1.65. The van der Waals surface area contributed by atoms with E-state index in [1.807, 2.05) is 6.92 Å². The van der Waals surface area contributed by atoms with Crippen molar-refractivity contribution in [1.29, 1.82) is 0 Å². The first-order chi connectivity index (χ1) is 8.29. The SMILES string of the molecule is Cc1nc(NN)sc1CCCc1ccccc1. The number of aryl methyl sites for hydroxylation is 3. The minimum Gasteiger partial charge on any atom is -0.300 e. The molecule has 0 aliphatic heterocycles. The maximum absolute atomic E-state index is 5.35. The average molecular weight is 247 g/mol. The zero-order valence-corrected chi connectivity index (χ0v) is 10.8. The van der Waals surface area contributed by atoms with Crippen molar-refractivity contribution in [2.24, 2.45) is 5.84 Å². The number of aromatic nitrogens is 1. The summed E-state index contributed by atoms with van der Waals surface area (Å²) < 4.78 is 0. The topological polar surface area (TPSA) is 50.9 Å². The van der Waals surface area contributed by atoms with E-state index in [1.54, 1.807) is 11.3 Å². The van der Waals surface area contributed by atoms with Gasteiger partial charge in [0.1, 0.15) is 0 Å². The lowest BCUT2D eigenvalue weighted by atomic mass is 10.1. The molecule has 0 saturated heterocycles. The van der Waals surface area contributed by atoms with Gasteiger partial charge in [-0.1, -0.05) is 30.3 Å². The molecular weight excluding hydrogens is 230 g/mol. The molecule has 3 N–H and O–H groups in total. The molecule has 1 aromatic carbocycles. The Balaban J connectivity index is 1.88. The predicted octanol–water partition coefficient (Wildman–Crippen LogP) is 2.91. The van der Waals surface area contributed by atoms with Gasteiger partial charge in [-0.25, -0.2) is 10.8 Å². The largest absolute Gasteiger partial charge is 0.300 e. The molecule has 0 aliphatic carbocycles. The molecule has 1 aromatic heterocycles. The molecule has 0 amide bonds. The second kappa shape index (κ2) is 5.80. The predicted molar refractivity (Wildman–Crippen MR) is 73.1 cm³/mol. The van der Waals surface area contributed by atoms with E-state index in [4.69, 9.17) is 5.84 Å². The molecule has 2 aromatic rings. The maximum atomic E-state index is 5.35. The van der Waals surface area contributed by atoms with Gasteiger partial charge in [-0.05, 0) is 31.7 Å². The fourth-order valence-electron chi connectivity index (χ4n) is 1.82. The van der Waals surface area contributed by atoms with Crippen LogP contribution in [0.1, 0.15) is 22.6 Å². The van der Waals surface area contributed by atoms with E-state index in [0.717, 1.165) is 30.1 Å². The van der Waals surface area contributed by atoms with Crippen molar-refractivity contribution in [3.8, 4) is 0 Å². The Hall–Kier alpha value is -1.39. The molecule has 3 nitrogen and oxygen atoms in total. The number of nitrogen functional groups attached to an aromatic ring is 1. The van der Waals surface area contributed by atoms with Gasteiger partial charge in [0, 0.05) is 4.88 Å². The summed E-state index contributed by atoms with van der Waals surface area (Å²) in [5.74, 6) is 5.35. The Labute approximate surface area is 106 Å². The van der Waals surface area contributed by atoms with E-state index in [2.05, 4.69) is 40.7 Å². The van der Waals surface area contributed by atoms with Crippen LogP contribution in [0.25, 0.3) is 0 Å². The average Bonchev–Trinajstić information content (AvgIpc) is 2.72. The fourth-order valence-corrected chi connectivity index (χ4v) is 2.73. The Kier molecular flexibility index (Phi) is 4.12. The number of anilines is 1. The van der Waals surface area contributed by atoms with Crippen LogP contribution in [0.4, 0.5) is 5.13 Å². The standard InChI is InChI=1S/C13H17N3S/c1-10-12(17-13(15-10)16-14)9-5-8-11-6-3-2-4-7-11/h2-4,6-7H,5,8-9,14H2,1H3,(H,15,16). The fraction of sp³-hybridized carbons (Fsp3) is 0.308. The summed E-state index contributed by atoms with van der Waals surface area (Å²) in [6, 6.07) is 10.6. The second-order valence-corrected chi connectivity index (χ2v) is 5.09. The molecule has 1 heterocycles. The summed E-state index contributed by atoms with van der Waals surface area (Å²) in [6.07, 6.45) is 3.33. The van der Waals surface area contributed by atoms with Gasteiger partial charge < -0.3 is 0 Å². The zero-order valence-electron chi connectivity index (χ0n) is 9.94. The first kappa shape index (κ1) is 12.1. The van der Waals surface area contributed by atoms with Crippen molar-refractivity contribution in [3.05, 3.63) is 46.5 Å². The Morgan fingerprint density at radius 3 is 2.65 bits per heavy atom. The van der Waals surface area contributed by atoms with Crippen LogP contribution >= 0.6 is 11.3 Å². The molecule has 0 atom stereocenters. The summed E-state index contributed by atoms with van der Waals surface area (Å²) in [4.78, 5) is 5.66. The van der Waals surface area contributed by atoms with Crippen molar-refractivity contribution in [2.45, 2.75) is 26.2 Å². The number of hydrazine groups is 1. The number of nitrogens with zero attached hydrogens (tertiary/aromatic N) is 1. The van der Waals surface area contributed by atoms with Crippen LogP contribution < -0.4 is 11.3 Å². The molecule has 0 unspecified atom stereocenters. The van der Waals surface area contributed by atoms with Crippen LogP contribution in [0.3, 0.4) is 0 Å². The second-order valence-electron chi connectivity index (χ2n) is 4.01. The van der Waals surface area contributed by atoms with Crippen LogP contribution in [0, 0.1) is 6.92 Å². The highest BCUT2D eigenvalue weighted by Gasteiger charge is 2.06. The van der Waals surface area contributed by atoms with Crippen LogP contribution in [0.15, 0.2) is 30.3 Å². The number of nitrogens with one attached hydrogen (secondary N) is 1. The number of hydrogen-bond donors (Lipinski definition) is 2. The first-order valence-electron chi connectivity index (χ1n) is 5.76. The lowest BCUT2D eigenvalue weighted by molar-refractivity contribution is 0.824. The number of rotatable bonds is 5. The van der Waals surface area contributed by atoms with Crippen LogP contribution in [-0.2, 0) is 12.8 Å². The van der Waals surface area contributed by atoms with Gasteiger partial charge in [-0.15, -0.1) is 11.3 Å². The molecule has 0 aliphatic rings. The minimum absolute atomic E-state index is 0.803. The third-order valence-electron chi connectivity index (χ3n) is 2.73. The highest BCUT2D eigenvalue weighted by atomic mass is 32.1. The van der Waals surface area contributed by atoms with E-state index in [9.17, 15) is 0 Å². The summed E-state index contributed by atoms with van der Waals surface area (Å²) in [5.41, 5.74) is 5.09. The molecule has 0 bridgehead atoms. The van der Waals surface area contributed by atoms with Crippen molar-refractivity contribution in [1.82, 2.24) is 4.98 Å². The quantitative estimate of drug-likeness (QED) is 0.631. The molecule has 90 valence electrons. The molecule has 0 fully saturated rings. The number of hydrogen-bond acceptors (Lipinski definition) is 4. The smallest absolute Gasteiger partial charge is 0.197 e. The molecule has 4 heteroatoms.